The molecule has 1 aliphatic rings. The Balaban J connectivity index is 1.66. The van der Waals surface area contributed by atoms with Crippen LogP contribution in [0.3, 0.4) is 0 Å². The number of rotatable bonds is 5. The van der Waals surface area contributed by atoms with Crippen LogP contribution in [0.5, 0.6) is 11.8 Å². The summed E-state index contributed by atoms with van der Waals surface area (Å²) < 4.78 is 12.4. The standard InChI is InChI=1S/C18H23N5O4/c1-12-13(2)21-11-23(18(12)25)10-15(24)22-8-4-5-14(9-22)27-17-16(26-3)19-6-7-20-17/h6-7,11,14H,4-5,8-10H2,1-3H3/t14-/m0/s1. The second-order valence-corrected chi connectivity index (χ2v) is 6.48. The van der Waals surface area contributed by atoms with Crippen LogP contribution in [0.2, 0.25) is 0 Å². The fourth-order valence-electron chi connectivity index (χ4n) is 2.99. The fourth-order valence-corrected chi connectivity index (χ4v) is 2.99. The summed E-state index contributed by atoms with van der Waals surface area (Å²) in [5, 5.41) is 0. The Morgan fingerprint density at radius 1 is 1.22 bits per heavy atom. The maximum atomic E-state index is 12.7. The highest BCUT2D eigenvalue weighted by atomic mass is 16.5. The van der Waals surface area contributed by atoms with Gasteiger partial charge >= 0.3 is 0 Å². The van der Waals surface area contributed by atoms with Gasteiger partial charge in [0.1, 0.15) is 12.6 Å². The zero-order valence-electron chi connectivity index (χ0n) is 15.7. The van der Waals surface area contributed by atoms with Gasteiger partial charge in [-0.15, -0.1) is 0 Å². The van der Waals surface area contributed by atoms with Crippen LogP contribution in [0, 0.1) is 13.8 Å². The third-order valence-corrected chi connectivity index (χ3v) is 4.66. The third kappa shape index (κ3) is 4.24. The number of methoxy groups -OCH3 is 1. The predicted octanol–water partition coefficient (Wildman–Crippen LogP) is 0.729. The van der Waals surface area contributed by atoms with Crippen LogP contribution in [0.4, 0.5) is 0 Å². The van der Waals surface area contributed by atoms with E-state index in [2.05, 4.69) is 15.0 Å². The van der Waals surface area contributed by atoms with E-state index in [0.717, 1.165) is 12.8 Å². The number of nitrogens with zero attached hydrogens (tertiary/aromatic N) is 5. The Bertz CT molecular complexity index is 882. The van der Waals surface area contributed by atoms with Crippen molar-refractivity contribution >= 4 is 5.91 Å². The Labute approximate surface area is 157 Å². The topological polar surface area (TPSA) is 99.4 Å². The molecule has 1 atom stereocenters. The van der Waals surface area contributed by atoms with E-state index in [1.54, 1.807) is 18.7 Å². The van der Waals surface area contributed by atoms with E-state index in [1.807, 2.05) is 0 Å². The van der Waals surface area contributed by atoms with E-state index in [-0.39, 0.29) is 24.1 Å². The first-order valence-electron chi connectivity index (χ1n) is 8.81. The first kappa shape index (κ1) is 18.8. The minimum Gasteiger partial charge on any atom is -0.477 e. The second kappa shape index (κ2) is 8.15. The van der Waals surface area contributed by atoms with Gasteiger partial charge in [0.15, 0.2) is 0 Å². The molecule has 1 saturated heterocycles. The summed E-state index contributed by atoms with van der Waals surface area (Å²) in [6, 6.07) is 0. The molecular weight excluding hydrogens is 350 g/mol. The molecule has 0 unspecified atom stereocenters. The Morgan fingerprint density at radius 3 is 2.70 bits per heavy atom. The molecule has 144 valence electrons. The lowest BCUT2D eigenvalue weighted by molar-refractivity contribution is -0.134. The lowest BCUT2D eigenvalue weighted by Crippen LogP contribution is -2.46. The monoisotopic (exact) mass is 373 g/mol. The molecule has 27 heavy (non-hydrogen) atoms. The average Bonchev–Trinajstić information content (AvgIpc) is 2.69. The molecular formula is C18H23N5O4. The minimum atomic E-state index is -0.206. The summed E-state index contributed by atoms with van der Waals surface area (Å²) in [4.78, 5) is 39.0. The number of carbonyl (C=O) groups is 1. The van der Waals surface area contributed by atoms with Gasteiger partial charge in [-0.1, -0.05) is 0 Å². The first-order valence-corrected chi connectivity index (χ1v) is 8.81. The van der Waals surface area contributed by atoms with Crippen LogP contribution in [-0.2, 0) is 11.3 Å². The molecule has 3 heterocycles. The Morgan fingerprint density at radius 2 is 1.96 bits per heavy atom. The van der Waals surface area contributed by atoms with Gasteiger partial charge in [0.05, 0.1) is 20.0 Å². The van der Waals surface area contributed by atoms with Crippen molar-refractivity contribution in [3.63, 3.8) is 0 Å². The van der Waals surface area contributed by atoms with Crippen molar-refractivity contribution in [2.45, 2.75) is 39.3 Å². The molecule has 2 aromatic rings. The van der Waals surface area contributed by atoms with E-state index in [0.29, 0.717) is 36.1 Å². The SMILES string of the molecule is COc1nccnc1O[C@H]1CCCN(C(=O)Cn2cnc(C)c(C)c2=O)C1. The van der Waals surface area contributed by atoms with E-state index >= 15 is 0 Å². The highest BCUT2D eigenvalue weighted by molar-refractivity contribution is 5.76. The van der Waals surface area contributed by atoms with Gasteiger partial charge in [-0.2, -0.15) is 0 Å². The molecule has 0 N–H and O–H groups in total. The van der Waals surface area contributed by atoms with Crippen LogP contribution in [-0.4, -0.2) is 56.6 Å². The van der Waals surface area contributed by atoms with Crippen molar-refractivity contribution < 1.29 is 14.3 Å². The number of ether oxygens (including phenoxy) is 2. The van der Waals surface area contributed by atoms with E-state index in [1.165, 1.54) is 30.4 Å². The normalized spacial score (nSPS) is 16.9. The quantitative estimate of drug-likeness (QED) is 0.762. The third-order valence-electron chi connectivity index (χ3n) is 4.66. The van der Waals surface area contributed by atoms with Crippen molar-refractivity contribution in [2.24, 2.45) is 0 Å². The van der Waals surface area contributed by atoms with E-state index in [4.69, 9.17) is 9.47 Å². The van der Waals surface area contributed by atoms with Crippen LogP contribution < -0.4 is 15.0 Å². The van der Waals surface area contributed by atoms with Gasteiger partial charge < -0.3 is 14.4 Å². The number of hydrogen-bond acceptors (Lipinski definition) is 7. The van der Waals surface area contributed by atoms with Crippen LogP contribution in [0.25, 0.3) is 0 Å². The number of likely N-dealkylation sites (tertiary alicyclic amines) is 1. The summed E-state index contributed by atoms with van der Waals surface area (Å²) in [5.74, 6) is 0.490. The zero-order chi connectivity index (χ0) is 19.4. The maximum Gasteiger partial charge on any atom is 0.278 e. The molecule has 1 fully saturated rings. The lowest BCUT2D eigenvalue weighted by atomic mass is 10.1. The second-order valence-electron chi connectivity index (χ2n) is 6.48. The summed E-state index contributed by atoms with van der Waals surface area (Å²) in [6.45, 7) is 4.50. The largest absolute Gasteiger partial charge is 0.477 e. The fraction of sp³-hybridized carbons (Fsp3) is 0.500. The molecule has 0 aromatic carbocycles. The van der Waals surface area contributed by atoms with Crippen LogP contribution in [0.1, 0.15) is 24.1 Å². The maximum absolute atomic E-state index is 12.7. The molecule has 9 heteroatoms. The zero-order valence-corrected chi connectivity index (χ0v) is 15.7. The number of carbonyl (C=O) groups excluding carboxylic acids is 1. The molecule has 0 aliphatic carbocycles. The van der Waals surface area contributed by atoms with Crippen molar-refractivity contribution in [3.8, 4) is 11.8 Å². The van der Waals surface area contributed by atoms with Crippen LogP contribution >= 0.6 is 0 Å². The highest BCUT2D eigenvalue weighted by Crippen LogP contribution is 2.23. The van der Waals surface area contributed by atoms with Crippen molar-refractivity contribution in [3.05, 3.63) is 40.3 Å². The van der Waals surface area contributed by atoms with E-state index < -0.39 is 0 Å². The molecule has 9 nitrogen and oxygen atoms in total. The smallest absolute Gasteiger partial charge is 0.278 e. The Kier molecular flexibility index (Phi) is 5.68. The molecule has 2 aromatic heterocycles. The lowest BCUT2D eigenvalue weighted by Gasteiger charge is -2.32. The van der Waals surface area contributed by atoms with Crippen molar-refractivity contribution in [1.29, 1.82) is 0 Å². The minimum absolute atomic E-state index is 0.0336. The van der Waals surface area contributed by atoms with Gasteiger partial charge in [0.25, 0.3) is 17.3 Å². The number of aromatic nitrogens is 4. The van der Waals surface area contributed by atoms with Crippen molar-refractivity contribution in [2.75, 3.05) is 20.2 Å². The molecule has 1 aliphatic heterocycles. The average molecular weight is 373 g/mol. The van der Waals surface area contributed by atoms with E-state index in [9.17, 15) is 9.59 Å². The molecule has 3 rings (SSSR count). The molecule has 0 spiro atoms. The van der Waals surface area contributed by atoms with Gasteiger partial charge in [-0.05, 0) is 26.7 Å². The van der Waals surface area contributed by atoms with Gasteiger partial charge in [0, 0.05) is 30.2 Å². The molecule has 0 radical (unpaired) electrons. The number of piperidine rings is 1. The van der Waals surface area contributed by atoms with Gasteiger partial charge in [-0.3, -0.25) is 14.2 Å². The van der Waals surface area contributed by atoms with Crippen LogP contribution in [0.15, 0.2) is 23.5 Å². The predicted molar refractivity (Wildman–Crippen MR) is 96.8 cm³/mol. The van der Waals surface area contributed by atoms with Gasteiger partial charge in [-0.25, -0.2) is 15.0 Å². The number of amides is 1. The highest BCUT2D eigenvalue weighted by Gasteiger charge is 2.26. The summed E-state index contributed by atoms with van der Waals surface area (Å²) in [7, 11) is 1.50. The first-order chi connectivity index (χ1) is 13.0. The van der Waals surface area contributed by atoms with Gasteiger partial charge in [0.2, 0.25) is 5.91 Å². The summed E-state index contributed by atoms with van der Waals surface area (Å²) in [6.07, 6.45) is 5.88. The molecule has 0 saturated carbocycles. The number of aryl methyl sites for hydroxylation is 1. The molecule has 1 amide bonds. The summed E-state index contributed by atoms with van der Waals surface area (Å²) in [5.41, 5.74) is 1.04. The van der Waals surface area contributed by atoms with Crippen molar-refractivity contribution in [1.82, 2.24) is 24.4 Å². The number of hydrogen-bond donors (Lipinski definition) is 0. The Hall–Kier alpha value is -2.97. The summed E-state index contributed by atoms with van der Waals surface area (Å²) >= 11 is 0. The molecule has 0 bridgehead atoms.